The summed E-state index contributed by atoms with van der Waals surface area (Å²) >= 11 is 0. The first-order valence-electron chi connectivity index (χ1n) is 8.66. The van der Waals surface area contributed by atoms with Crippen LogP contribution in [0.2, 0.25) is 0 Å². The highest BCUT2D eigenvalue weighted by Gasteiger charge is 2.31. The molecule has 0 aromatic rings. The molecule has 0 spiro atoms. The molecule has 0 saturated heterocycles. The molecule has 1 unspecified atom stereocenters. The summed E-state index contributed by atoms with van der Waals surface area (Å²) in [6, 6.07) is 0.185. The third-order valence-corrected chi connectivity index (χ3v) is 4.02. The first-order chi connectivity index (χ1) is 10.7. The minimum Gasteiger partial charge on any atom is -0.444 e. The third kappa shape index (κ3) is 9.13. The Morgan fingerprint density at radius 2 is 1.96 bits per heavy atom. The van der Waals surface area contributed by atoms with E-state index in [1.54, 1.807) is 7.11 Å². The molecule has 136 valence electrons. The van der Waals surface area contributed by atoms with Gasteiger partial charge in [-0.25, -0.2) is 4.79 Å². The fourth-order valence-corrected chi connectivity index (χ4v) is 2.84. The Bertz CT molecular complexity index is 349. The molecule has 1 aliphatic carbocycles. The number of amides is 1. The van der Waals surface area contributed by atoms with Crippen LogP contribution in [0, 0.1) is 0 Å². The van der Waals surface area contributed by atoms with Gasteiger partial charge in [0.2, 0.25) is 0 Å². The predicted molar refractivity (Wildman–Crippen MR) is 90.6 cm³/mol. The van der Waals surface area contributed by atoms with Crippen LogP contribution < -0.4 is 10.6 Å². The zero-order valence-electron chi connectivity index (χ0n) is 15.1. The fraction of sp³-hybridized carbons (Fsp3) is 0.941. The van der Waals surface area contributed by atoms with Gasteiger partial charge in [0, 0.05) is 26.2 Å². The van der Waals surface area contributed by atoms with E-state index in [2.05, 4.69) is 10.6 Å². The van der Waals surface area contributed by atoms with Crippen molar-refractivity contribution in [2.75, 3.05) is 26.8 Å². The summed E-state index contributed by atoms with van der Waals surface area (Å²) in [5.41, 5.74) is -1.03. The van der Waals surface area contributed by atoms with Crippen molar-refractivity contribution in [3.8, 4) is 0 Å². The van der Waals surface area contributed by atoms with Crippen LogP contribution in [0.5, 0.6) is 0 Å². The Hall–Kier alpha value is -0.850. The molecule has 1 aliphatic rings. The molecule has 0 aliphatic heterocycles. The summed E-state index contributed by atoms with van der Waals surface area (Å²) in [5.74, 6) is 0. The number of nitrogens with one attached hydrogen (secondary N) is 2. The normalized spacial score (nSPS) is 18.7. The molecule has 3 N–H and O–H groups in total. The van der Waals surface area contributed by atoms with Crippen LogP contribution in [-0.4, -0.2) is 55.2 Å². The lowest BCUT2D eigenvalue weighted by Gasteiger charge is -2.26. The van der Waals surface area contributed by atoms with Gasteiger partial charge in [-0.2, -0.15) is 0 Å². The van der Waals surface area contributed by atoms with E-state index in [-0.39, 0.29) is 12.1 Å². The van der Waals surface area contributed by atoms with Gasteiger partial charge in [0.05, 0.1) is 12.2 Å². The molecule has 0 bridgehead atoms. The highest BCUT2D eigenvalue weighted by Crippen LogP contribution is 2.28. The lowest BCUT2D eigenvalue weighted by Crippen LogP contribution is -2.44. The third-order valence-electron chi connectivity index (χ3n) is 4.02. The summed E-state index contributed by atoms with van der Waals surface area (Å²) in [6.45, 7) is 7.32. The van der Waals surface area contributed by atoms with Crippen LogP contribution >= 0.6 is 0 Å². The Morgan fingerprint density at radius 3 is 2.52 bits per heavy atom. The number of hydrogen-bond acceptors (Lipinski definition) is 5. The highest BCUT2D eigenvalue weighted by molar-refractivity contribution is 5.67. The molecule has 23 heavy (non-hydrogen) atoms. The first-order valence-corrected chi connectivity index (χ1v) is 8.66. The van der Waals surface area contributed by atoms with Crippen molar-refractivity contribution in [3.05, 3.63) is 0 Å². The molecule has 1 fully saturated rings. The number of aliphatic hydroxyl groups is 1. The lowest BCUT2D eigenvalue weighted by molar-refractivity contribution is 0.0399. The van der Waals surface area contributed by atoms with Crippen LogP contribution in [0.15, 0.2) is 0 Å². The van der Waals surface area contributed by atoms with Crippen LogP contribution in [0.4, 0.5) is 4.79 Å². The zero-order valence-corrected chi connectivity index (χ0v) is 15.1. The topological polar surface area (TPSA) is 79.8 Å². The monoisotopic (exact) mass is 330 g/mol. The van der Waals surface area contributed by atoms with Crippen molar-refractivity contribution in [2.24, 2.45) is 0 Å². The molecule has 6 nitrogen and oxygen atoms in total. The largest absolute Gasteiger partial charge is 0.444 e. The van der Waals surface area contributed by atoms with Gasteiger partial charge in [-0.1, -0.05) is 12.8 Å². The second-order valence-electron chi connectivity index (χ2n) is 7.54. The van der Waals surface area contributed by atoms with Gasteiger partial charge in [-0.15, -0.1) is 0 Å². The van der Waals surface area contributed by atoms with E-state index in [0.717, 1.165) is 38.5 Å². The summed E-state index contributed by atoms with van der Waals surface area (Å²) in [6.07, 6.45) is 5.28. The highest BCUT2D eigenvalue weighted by atomic mass is 16.6. The van der Waals surface area contributed by atoms with E-state index in [0.29, 0.717) is 19.7 Å². The number of carbonyl (C=O) groups excluding carboxylic acids is 1. The average molecular weight is 330 g/mol. The minimum atomic E-state index is -0.555. The van der Waals surface area contributed by atoms with E-state index < -0.39 is 11.2 Å². The molecule has 6 heteroatoms. The smallest absolute Gasteiger partial charge is 0.407 e. The number of ether oxygens (including phenoxy) is 2. The summed E-state index contributed by atoms with van der Waals surface area (Å²) in [7, 11) is 1.68. The minimum absolute atomic E-state index is 0.185. The summed E-state index contributed by atoms with van der Waals surface area (Å²) < 4.78 is 10.4. The van der Waals surface area contributed by atoms with Crippen LogP contribution in [-0.2, 0) is 9.47 Å². The second kappa shape index (κ2) is 9.45. The number of carbonyl (C=O) groups is 1. The van der Waals surface area contributed by atoms with Crippen molar-refractivity contribution in [2.45, 2.75) is 76.5 Å². The molecular formula is C17H34N2O4. The summed E-state index contributed by atoms with van der Waals surface area (Å²) in [4.78, 5) is 11.6. The van der Waals surface area contributed by atoms with Crippen LogP contribution in [0.1, 0.15) is 59.3 Å². The SMILES string of the molecule is COCC(CCCNC(=O)OC(C)(C)C)NCC1(O)CCCC1. The van der Waals surface area contributed by atoms with Crippen molar-refractivity contribution in [1.29, 1.82) is 0 Å². The standard InChI is InChI=1S/C17H34N2O4/c1-16(2,3)23-15(20)18-11-7-8-14(12-22-4)19-13-17(21)9-5-6-10-17/h14,19,21H,5-13H2,1-4H3,(H,18,20). The van der Waals surface area contributed by atoms with Crippen molar-refractivity contribution in [1.82, 2.24) is 10.6 Å². The molecule has 0 aromatic carbocycles. The number of alkyl carbamates (subject to hydrolysis) is 1. The van der Waals surface area contributed by atoms with E-state index in [4.69, 9.17) is 9.47 Å². The molecule has 1 saturated carbocycles. The first kappa shape index (κ1) is 20.2. The van der Waals surface area contributed by atoms with E-state index in [1.165, 1.54) is 0 Å². The van der Waals surface area contributed by atoms with Gasteiger partial charge in [0.15, 0.2) is 0 Å². The molecule has 0 radical (unpaired) electrons. The molecule has 1 amide bonds. The fourth-order valence-electron chi connectivity index (χ4n) is 2.84. The predicted octanol–water partition coefficient (Wildman–Crippen LogP) is 2.20. The molecule has 1 atom stereocenters. The molecule has 0 aromatic heterocycles. The van der Waals surface area contributed by atoms with Gasteiger partial charge in [-0.3, -0.25) is 0 Å². The molecule has 0 heterocycles. The molecule has 1 rings (SSSR count). The second-order valence-corrected chi connectivity index (χ2v) is 7.54. The van der Waals surface area contributed by atoms with Gasteiger partial charge in [0.1, 0.15) is 5.60 Å². The van der Waals surface area contributed by atoms with Crippen molar-refractivity contribution < 1.29 is 19.4 Å². The lowest BCUT2D eigenvalue weighted by atomic mass is 10.0. The maximum absolute atomic E-state index is 11.6. The van der Waals surface area contributed by atoms with Crippen molar-refractivity contribution in [3.63, 3.8) is 0 Å². The van der Waals surface area contributed by atoms with Gasteiger partial charge in [-0.05, 0) is 46.5 Å². The van der Waals surface area contributed by atoms with Crippen molar-refractivity contribution >= 4 is 6.09 Å². The quantitative estimate of drug-likeness (QED) is 0.565. The van der Waals surface area contributed by atoms with E-state index in [9.17, 15) is 9.90 Å². The Kier molecular flexibility index (Phi) is 8.29. The maximum atomic E-state index is 11.6. The zero-order chi connectivity index (χ0) is 17.3. The van der Waals surface area contributed by atoms with Gasteiger partial charge >= 0.3 is 6.09 Å². The van der Waals surface area contributed by atoms with Crippen LogP contribution in [0.25, 0.3) is 0 Å². The van der Waals surface area contributed by atoms with Gasteiger partial charge in [0.25, 0.3) is 0 Å². The Morgan fingerprint density at radius 1 is 1.30 bits per heavy atom. The number of hydrogen-bond donors (Lipinski definition) is 3. The maximum Gasteiger partial charge on any atom is 0.407 e. The Balaban J connectivity index is 2.21. The number of methoxy groups -OCH3 is 1. The van der Waals surface area contributed by atoms with E-state index >= 15 is 0 Å². The van der Waals surface area contributed by atoms with Gasteiger partial charge < -0.3 is 25.2 Å². The molecular weight excluding hydrogens is 296 g/mol. The Labute approximate surface area is 140 Å². The van der Waals surface area contributed by atoms with E-state index in [1.807, 2.05) is 20.8 Å². The summed E-state index contributed by atoms with van der Waals surface area (Å²) in [5, 5.41) is 16.6. The average Bonchev–Trinajstić information content (AvgIpc) is 2.86. The van der Waals surface area contributed by atoms with Crippen LogP contribution in [0.3, 0.4) is 0 Å². The number of rotatable bonds is 9.